The maximum absolute atomic E-state index is 12.5. The lowest BCUT2D eigenvalue weighted by molar-refractivity contribution is -0.116. The second kappa shape index (κ2) is 7.95. The molecule has 0 aliphatic rings. The summed E-state index contributed by atoms with van der Waals surface area (Å²) in [5.41, 5.74) is 3.58. The molecule has 26 heavy (non-hydrogen) atoms. The molecule has 0 saturated heterocycles. The van der Waals surface area contributed by atoms with Crippen LogP contribution in [0.1, 0.15) is 43.1 Å². The van der Waals surface area contributed by atoms with E-state index in [1.165, 1.54) is 0 Å². The molecule has 5 heteroatoms. The van der Waals surface area contributed by atoms with Gasteiger partial charge in [0.05, 0.1) is 11.3 Å². The topological polar surface area (TPSA) is 68.0 Å². The van der Waals surface area contributed by atoms with Gasteiger partial charge in [0, 0.05) is 12.3 Å². The molecule has 1 amide bonds. The Morgan fingerprint density at radius 1 is 1.12 bits per heavy atom. The molecule has 134 valence electrons. The van der Waals surface area contributed by atoms with Crippen molar-refractivity contribution < 1.29 is 9.32 Å². The van der Waals surface area contributed by atoms with Crippen LogP contribution < -0.4 is 5.32 Å². The Bertz CT molecular complexity index is 885. The summed E-state index contributed by atoms with van der Waals surface area (Å²) in [4.78, 5) is 16.9. The largest absolute Gasteiger partial charge is 0.334 e. The highest BCUT2D eigenvalue weighted by Gasteiger charge is 2.17. The van der Waals surface area contributed by atoms with Gasteiger partial charge in [-0.15, -0.1) is 0 Å². The Balaban J connectivity index is 1.77. The van der Waals surface area contributed by atoms with Gasteiger partial charge in [-0.1, -0.05) is 61.5 Å². The summed E-state index contributed by atoms with van der Waals surface area (Å²) in [5.74, 6) is 1.23. The summed E-state index contributed by atoms with van der Waals surface area (Å²) in [6, 6.07) is 15.7. The summed E-state index contributed by atoms with van der Waals surface area (Å²) in [6.07, 6.45) is 1.12. The molecule has 1 heterocycles. The smallest absolute Gasteiger partial charge is 0.260 e. The first-order chi connectivity index (χ1) is 12.5. The number of nitrogens with one attached hydrogen (secondary N) is 1. The third-order valence-corrected chi connectivity index (χ3v) is 4.21. The third kappa shape index (κ3) is 4.17. The van der Waals surface area contributed by atoms with Crippen LogP contribution in [0.15, 0.2) is 53.1 Å². The number of anilines is 1. The quantitative estimate of drug-likeness (QED) is 0.698. The lowest BCUT2D eigenvalue weighted by Gasteiger charge is -2.12. The molecule has 0 radical (unpaired) electrons. The van der Waals surface area contributed by atoms with E-state index in [0.717, 1.165) is 22.4 Å². The molecule has 0 bridgehead atoms. The van der Waals surface area contributed by atoms with Crippen LogP contribution in [0, 0.1) is 6.92 Å². The van der Waals surface area contributed by atoms with Gasteiger partial charge in [0.15, 0.2) is 5.82 Å². The molecule has 0 spiro atoms. The number of para-hydroxylation sites is 1. The molecular weight excluding hydrogens is 326 g/mol. The molecule has 2 aromatic carbocycles. The highest BCUT2D eigenvalue weighted by molar-refractivity contribution is 5.95. The van der Waals surface area contributed by atoms with Crippen molar-refractivity contribution in [2.24, 2.45) is 0 Å². The van der Waals surface area contributed by atoms with Crippen molar-refractivity contribution in [3.63, 3.8) is 0 Å². The zero-order chi connectivity index (χ0) is 18.5. The number of hydrogen-bond donors (Lipinski definition) is 1. The van der Waals surface area contributed by atoms with Gasteiger partial charge in [-0.05, 0) is 30.5 Å². The number of nitrogens with zero attached hydrogens (tertiary/aromatic N) is 2. The van der Waals surface area contributed by atoms with Gasteiger partial charge in [0.25, 0.3) is 5.89 Å². The number of rotatable bonds is 6. The van der Waals surface area contributed by atoms with Gasteiger partial charge >= 0.3 is 0 Å². The molecular formula is C21H23N3O2. The van der Waals surface area contributed by atoms with E-state index in [0.29, 0.717) is 24.6 Å². The van der Waals surface area contributed by atoms with Crippen molar-refractivity contribution >= 4 is 11.6 Å². The van der Waals surface area contributed by atoms with Crippen LogP contribution in [-0.2, 0) is 11.2 Å². The van der Waals surface area contributed by atoms with Crippen molar-refractivity contribution in [3.8, 4) is 11.5 Å². The van der Waals surface area contributed by atoms with E-state index >= 15 is 0 Å². The molecule has 0 aliphatic heterocycles. The minimum Gasteiger partial charge on any atom is -0.334 e. The van der Waals surface area contributed by atoms with Crippen molar-refractivity contribution in [1.82, 2.24) is 10.1 Å². The van der Waals surface area contributed by atoms with Gasteiger partial charge in [0.1, 0.15) is 0 Å². The first-order valence-electron chi connectivity index (χ1n) is 8.82. The number of benzene rings is 2. The molecule has 0 saturated carbocycles. The second-order valence-corrected chi connectivity index (χ2v) is 6.64. The summed E-state index contributed by atoms with van der Waals surface area (Å²) in [5, 5.41) is 7.04. The van der Waals surface area contributed by atoms with Crippen LogP contribution in [-0.4, -0.2) is 16.0 Å². The number of aromatic nitrogens is 2. The maximum Gasteiger partial charge on any atom is 0.260 e. The van der Waals surface area contributed by atoms with Gasteiger partial charge in [0.2, 0.25) is 5.91 Å². The SMILES string of the molecule is Cc1cccc(-c2nc(C(C)C)no2)c1NC(=O)CCc1ccccc1. The Kier molecular flexibility index (Phi) is 5.46. The van der Waals surface area contributed by atoms with E-state index in [-0.39, 0.29) is 11.8 Å². The zero-order valence-corrected chi connectivity index (χ0v) is 15.3. The molecule has 3 aromatic rings. The number of aryl methyl sites for hydroxylation is 2. The predicted octanol–water partition coefficient (Wildman–Crippen LogP) is 4.74. The van der Waals surface area contributed by atoms with Crippen LogP contribution in [0.3, 0.4) is 0 Å². The number of carbonyl (C=O) groups excluding carboxylic acids is 1. The van der Waals surface area contributed by atoms with E-state index in [9.17, 15) is 4.79 Å². The third-order valence-electron chi connectivity index (χ3n) is 4.21. The summed E-state index contributed by atoms with van der Waals surface area (Å²) in [6.45, 7) is 5.98. The minimum absolute atomic E-state index is 0.0343. The monoisotopic (exact) mass is 349 g/mol. The Labute approximate surface area is 153 Å². The first kappa shape index (κ1) is 17.9. The molecule has 1 aromatic heterocycles. The molecule has 0 unspecified atom stereocenters. The summed E-state index contributed by atoms with van der Waals surface area (Å²) >= 11 is 0. The Hall–Kier alpha value is -2.95. The van der Waals surface area contributed by atoms with E-state index < -0.39 is 0 Å². The molecule has 3 rings (SSSR count). The maximum atomic E-state index is 12.5. The molecule has 1 N–H and O–H groups in total. The zero-order valence-electron chi connectivity index (χ0n) is 15.3. The van der Waals surface area contributed by atoms with Crippen LogP contribution in [0.5, 0.6) is 0 Å². The molecule has 0 atom stereocenters. The van der Waals surface area contributed by atoms with Crippen LogP contribution in [0.2, 0.25) is 0 Å². The summed E-state index contributed by atoms with van der Waals surface area (Å²) < 4.78 is 5.41. The Morgan fingerprint density at radius 2 is 1.88 bits per heavy atom. The van der Waals surface area contributed by atoms with E-state index in [2.05, 4.69) is 15.5 Å². The van der Waals surface area contributed by atoms with Gasteiger partial charge in [-0.3, -0.25) is 4.79 Å². The van der Waals surface area contributed by atoms with Gasteiger partial charge in [-0.25, -0.2) is 0 Å². The molecule has 5 nitrogen and oxygen atoms in total. The van der Waals surface area contributed by atoms with Gasteiger partial charge in [-0.2, -0.15) is 4.98 Å². The number of carbonyl (C=O) groups is 1. The highest BCUT2D eigenvalue weighted by Crippen LogP contribution is 2.30. The predicted molar refractivity (Wildman–Crippen MR) is 102 cm³/mol. The minimum atomic E-state index is -0.0343. The number of amides is 1. The fourth-order valence-electron chi connectivity index (χ4n) is 2.70. The van der Waals surface area contributed by atoms with Gasteiger partial charge < -0.3 is 9.84 Å². The van der Waals surface area contributed by atoms with Crippen molar-refractivity contribution in [1.29, 1.82) is 0 Å². The number of hydrogen-bond acceptors (Lipinski definition) is 4. The van der Waals surface area contributed by atoms with Crippen LogP contribution in [0.4, 0.5) is 5.69 Å². The average molecular weight is 349 g/mol. The van der Waals surface area contributed by atoms with E-state index in [1.807, 2.05) is 69.3 Å². The van der Waals surface area contributed by atoms with E-state index in [4.69, 9.17) is 4.52 Å². The summed E-state index contributed by atoms with van der Waals surface area (Å²) in [7, 11) is 0. The second-order valence-electron chi connectivity index (χ2n) is 6.64. The van der Waals surface area contributed by atoms with Crippen molar-refractivity contribution in [2.75, 3.05) is 5.32 Å². The standard InChI is InChI=1S/C21H23N3O2/c1-14(2)20-23-21(26-24-20)17-11-7-8-15(3)19(17)22-18(25)13-12-16-9-5-4-6-10-16/h4-11,14H,12-13H2,1-3H3,(H,22,25). The molecule has 0 fully saturated rings. The van der Waals surface area contributed by atoms with Crippen LogP contribution in [0.25, 0.3) is 11.5 Å². The van der Waals surface area contributed by atoms with Crippen molar-refractivity contribution in [2.45, 2.75) is 39.5 Å². The fraction of sp³-hybridized carbons (Fsp3) is 0.286. The highest BCUT2D eigenvalue weighted by atomic mass is 16.5. The normalized spacial score (nSPS) is 10.9. The van der Waals surface area contributed by atoms with E-state index in [1.54, 1.807) is 0 Å². The lowest BCUT2D eigenvalue weighted by atomic mass is 10.1. The first-order valence-corrected chi connectivity index (χ1v) is 8.82. The Morgan fingerprint density at radius 3 is 2.58 bits per heavy atom. The molecule has 0 aliphatic carbocycles. The van der Waals surface area contributed by atoms with Crippen LogP contribution >= 0.6 is 0 Å². The average Bonchev–Trinajstić information content (AvgIpc) is 3.13. The fourth-order valence-corrected chi connectivity index (χ4v) is 2.70. The van der Waals surface area contributed by atoms with Crippen molar-refractivity contribution in [3.05, 3.63) is 65.5 Å². The lowest BCUT2D eigenvalue weighted by Crippen LogP contribution is -2.14.